The third-order valence-electron chi connectivity index (χ3n) is 3.13. The third-order valence-corrected chi connectivity index (χ3v) is 3.13. The van der Waals surface area contributed by atoms with Gasteiger partial charge in [-0.15, -0.1) is 0 Å². The van der Waals surface area contributed by atoms with Crippen LogP contribution in [0.4, 0.5) is 0 Å². The first-order valence-corrected chi connectivity index (χ1v) is 4.77. The fourth-order valence-electron chi connectivity index (χ4n) is 2.52. The first-order valence-electron chi connectivity index (χ1n) is 4.77. The van der Waals surface area contributed by atoms with E-state index in [1.165, 1.54) is 19.3 Å². The van der Waals surface area contributed by atoms with Gasteiger partial charge in [-0.1, -0.05) is 6.42 Å². The van der Waals surface area contributed by atoms with Crippen molar-refractivity contribution < 1.29 is 9.90 Å². The predicted octanol–water partition coefficient (Wildman–Crippen LogP) is 1.09. The van der Waals surface area contributed by atoms with Crippen molar-refractivity contribution in [3.05, 3.63) is 0 Å². The van der Waals surface area contributed by atoms with Gasteiger partial charge >= 0.3 is 5.97 Å². The van der Waals surface area contributed by atoms with E-state index in [-0.39, 0.29) is 6.04 Å². The van der Waals surface area contributed by atoms with Crippen molar-refractivity contribution in [2.45, 2.75) is 44.2 Å². The number of rotatable bonds is 1. The number of piperidine rings is 1. The van der Waals surface area contributed by atoms with E-state index in [0.29, 0.717) is 6.04 Å². The van der Waals surface area contributed by atoms with Crippen LogP contribution in [0.25, 0.3) is 0 Å². The number of aliphatic carboxylic acids is 1. The minimum Gasteiger partial charge on any atom is -0.480 e. The summed E-state index contributed by atoms with van der Waals surface area (Å²) in [5.74, 6) is -0.626. The monoisotopic (exact) mass is 169 g/mol. The largest absolute Gasteiger partial charge is 0.480 e. The van der Waals surface area contributed by atoms with Crippen LogP contribution in [0.15, 0.2) is 0 Å². The van der Waals surface area contributed by atoms with Crippen LogP contribution in [0.3, 0.4) is 0 Å². The zero-order valence-electron chi connectivity index (χ0n) is 7.20. The summed E-state index contributed by atoms with van der Waals surface area (Å²) in [6.07, 6.45) is 5.63. The van der Waals surface area contributed by atoms with E-state index in [2.05, 4.69) is 4.90 Å². The Bertz CT molecular complexity index is 193. The van der Waals surface area contributed by atoms with Crippen molar-refractivity contribution >= 4 is 5.97 Å². The molecule has 0 amide bonds. The number of hydrogen-bond acceptors (Lipinski definition) is 2. The molecule has 0 aliphatic carbocycles. The van der Waals surface area contributed by atoms with Crippen molar-refractivity contribution in [3.8, 4) is 0 Å². The lowest BCUT2D eigenvalue weighted by molar-refractivity contribution is -0.143. The van der Waals surface area contributed by atoms with Crippen LogP contribution >= 0.6 is 0 Å². The van der Waals surface area contributed by atoms with Crippen molar-refractivity contribution in [1.29, 1.82) is 0 Å². The summed E-state index contributed by atoms with van der Waals surface area (Å²) in [6, 6.07) is 0.412. The second kappa shape index (κ2) is 3.05. The van der Waals surface area contributed by atoms with Gasteiger partial charge in [0, 0.05) is 6.04 Å². The fraction of sp³-hybridized carbons (Fsp3) is 0.889. The molecule has 2 fully saturated rings. The molecule has 2 aliphatic heterocycles. The van der Waals surface area contributed by atoms with E-state index in [1.54, 1.807) is 0 Å². The summed E-state index contributed by atoms with van der Waals surface area (Å²) < 4.78 is 0. The van der Waals surface area contributed by atoms with Crippen molar-refractivity contribution in [1.82, 2.24) is 4.90 Å². The van der Waals surface area contributed by atoms with Gasteiger partial charge in [-0.3, -0.25) is 9.69 Å². The van der Waals surface area contributed by atoms with Gasteiger partial charge in [0.15, 0.2) is 0 Å². The molecular weight excluding hydrogens is 154 g/mol. The molecule has 2 atom stereocenters. The first-order chi connectivity index (χ1) is 5.79. The number of nitrogens with zero attached hydrogens (tertiary/aromatic N) is 1. The van der Waals surface area contributed by atoms with Crippen LogP contribution in [0, 0.1) is 0 Å². The Kier molecular flexibility index (Phi) is 2.05. The molecule has 2 heterocycles. The second-order valence-electron chi connectivity index (χ2n) is 3.82. The smallest absolute Gasteiger partial charge is 0.320 e. The molecule has 2 aliphatic rings. The molecule has 3 heteroatoms. The fourth-order valence-corrected chi connectivity index (χ4v) is 2.52. The maximum atomic E-state index is 10.8. The SMILES string of the molecule is O=C(O)[C@@H]1CC[C@@H]2CCCCN21. The second-order valence-corrected chi connectivity index (χ2v) is 3.82. The molecule has 0 unspecified atom stereocenters. The van der Waals surface area contributed by atoms with E-state index in [0.717, 1.165) is 19.4 Å². The third kappa shape index (κ3) is 1.22. The van der Waals surface area contributed by atoms with Crippen LogP contribution < -0.4 is 0 Å². The predicted molar refractivity (Wildman–Crippen MR) is 45.0 cm³/mol. The molecule has 0 aromatic carbocycles. The summed E-state index contributed by atoms with van der Waals surface area (Å²) in [5.41, 5.74) is 0. The van der Waals surface area contributed by atoms with Gasteiger partial charge in [0.25, 0.3) is 0 Å². The quantitative estimate of drug-likeness (QED) is 0.638. The molecule has 2 rings (SSSR count). The molecular formula is C9H15NO2. The number of carboxylic acids is 1. The Labute approximate surface area is 72.4 Å². The lowest BCUT2D eigenvalue weighted by Gasteiger charge is -2.31. The number of hydrogen-bond donors (Lipinski definition) is 1. The van der Waals surface area contributed by atoms with Crippen molar-refractivity contribution in [2.24, 2.45) is 0 Å². The molecule has 0 radical (unpaired) electrons. The normalized spacial score (nSPS) is 36.3. The van der Waals surface area contributed by atoms with Crippen LogP contribution in [0.5, 0.6) is 0 Å². The zero-order chi connectivity index (χ0) is 8.55. The Hall–Kier alpha value is -0.570. The summed E-state index contributed by atoms with van der Waals surface area (Å²) >= 11 is 0. The lowest BCUT2D eigenvalue weighted by atomic mass is 10.0. The molecule has 0 spiro atoms. The summed E-state index contributed by atoms with van der Waals surface area (Å²) in [6.45, 7) is 1.00. The summed E-state index contributed by atoms with van der Waals surface area (Å²) in [5, 5.41) is 8.91. The van der Waals surface area contributed by atoms with Gasteiger partial charge in [-0.05, 0) is 32.2 Å². The van der Waals surface area contributed by atoms with Crippen LogP contribution in [0.2, 0.25) is 0 Å². The van der Waals surface area contributed by atoms with Gasteiger partial charge in [0.2, 0.25) is 0 Å². The molecule has 12 heavy (non-hydrogen) atoms. The molecule has 0 saturated carbocycles. The summed E-state index contributed by atoms with van der Waals surface area (Å²) in [7, 11) is 0. The van der Waals surface area contributed by atoms with Crippen molar-refractivity contribution in [3.63, 3.8) is 0 Å². The Morgan fingerprint density at radius 1 is 1.25 bits per heavy atom. The maximum Gasteiger partial charge on any atom is 0.320 e. The highest BCUT2D eigenvalue weighted by Gasteiger charge is 2.38. The zero-order valence-corrected chi connectivity index (χ0v) is 7.20. The first kappa shape index (κ1) is 8.05. The van der Waals surface area contributed by atoms with Gasteiger partial charge in [0.05, 0.1) is 0 Å². The lowest BCUT2D eigenvalue weighted by Crippen LogP contribution is -2.43. The average molecular weight is 169 g/mol. The Balaban J connectivity index is 2.05. The highest BCUT2D eigenvalue weighted by atomic mass is 16.4. The van der Waals surface area contributed by atoms with E-state index in [9.17, 15) is 4.79 Å². The highest BCUT2D eigenvalue weighted by Crippen LogP contribution is 2.31. The van der Waals surface area contributed by atoms with Gasteiger partial charge < -0.3 is 5.11 Å². The number of carbonyl (C=O) groups is 1. The molecule has 0 aromatic rings. The van der Waals surface area contributed by atoms with E-state index in [4.69, 9.17) is 5.11 Å². The number of carboxylic acid groups (broad SMARTS) is 1. The van der Waals surface area contributed by atoms with Gasteiger partial charge in [-0.25, -0.2) is 0 Å². The highest BCUT2D eigenvalue weighted by molar-refractivity contribution is 5.73. The van der Waals surface area contributed by atoms with E-state index < -0.39 is 5.97 Å². The molecule has 0 aromatic heterocycles. The molecule has 2 saturated heterocycles. The van der Waals surface area contributed by atoms with E-state index >= 15 is 0 Å². The maximum absolute atomic E-state index is 10.8. The molecule has 68 valence electrons. The minimum absolute atomic E-state index is 0.171. The molecule has 0 bridgehead atoms. The molecule has 1 N–H and O–H groups in total. The van der Waals surface area contributed by atoms with Gasteiger partial charge in [-0.2, -0.15) is 0 Å². The number of fused-ring (bicyclic) bond motifs is 1. The topological polar surface area (TPSA) is 40.5 Å². The van der Waals surface area contributed by atoms with Crippen LogP contribution in [0.1, 0.15) is 32.1 Å². The van der Waals surface area contributed by atoms with Crippen LogP contribution in [-0.2, 0) is 4.79 Å². The van der Waals surface area contributed by atoms with Crippen LogP contribution in [-0.4, -0.2) is 34.6 Å². The Morgan fingerprint density at radius 2 is 2.08 bits per heavy atom. The summed E-state index contributed by atoms with van der Waals surface area (Å²) in [4.78, 5) is 13.0. The Morgan fingerprint density at radius 3 is 2.83 bits per heavy atom. The minimum atomic E-state index is -0.626. The van der Waals surface area contributed by atoms with Gasteiger partial charge in [0.1, 0.15) is 6.04 Å². The standard InChI is InChI=1S/C9H15NO2/c11-9(12)8-5-4-7-3-1-2-6-10(7)8/h7-8H,1-6H2,(H,11,12)/t7-,8-/m0/s1. The average Bonchev–Trinajstić information content (AvgIpc) is 2.47. The van der Waals surface area contributed by atoms with Crippen molar-refractivity contribution in [2.75, 3.05) is 6.54 Å². The molecule has 3 nitrogen and oxygen atoms in total. The van der Waals surface area contributed by atoms with E-state index in [1.807, 2.05) is 0 Å².